The fourth-order valence-electron chi connectivity index (χ4n) is 2.02. The van der Waals surface area contributed by atoms with Crippen molar-refractivity contribution >= 4 is 0 Å². The van der Waals surface area contributed by atoms with Crippen molar-refractivity contribution < 1.29 is 4.74 Å². The number of nitrogens with zero attached hydrogens (tertiary/aromatic N) is 1. The van der Waals surface area contributed by atoms with E-state index in [1.54, 1.807) is 0 Å². The zero-order valence-electron chi connectivity index (χ0n) is 9.57. The molecule has 2 heterocycles. The van der Waals surface area contributed by atoms with Crippen LogP contribution in [-0.2, 0) is 4.74 Å². The Morgan fingerprint density at radius 1 is 1.47 bits per heavy atom. The van der Waals surface area contributed by atoms with Gasteiger partial charge in [0.1, 0.15) is 0 Å². The Labute approximate surface area is 91.7 Å². The Balaban J connectivity index is 2.16. The molecule has 15 heavy (non-hydrogen) atoms. The maximum absolute atomic E-state index is 5.50. The van der Waals surface area contributed by atoms with Crippen molar-refractivity contribution in [2.45, 2.75) is 38.5 Å². The second kappa shape index (κ2) is 4.75. The normalized spacial score (nSPS) is 21.9. The van der Waals surface area contributed by atoms with E-state index < -0.39 is 0 Å². The fraction of sp³-hybridized carbons (Fsp3) is 0.615. The first-order chi connectivity index (χ1) is 7.27. The van der Waals surface area contributed by atoms with E-state index in [2.05, 4.69) is 31.0 Å². The van der Waals surface area contributed by atoms with Gasteiger partial charge in [0.15, 0.2) is 0 Å². The highest BCUT2D eigenvalue weighted by molar-refractivity contribution is 5.22. The lowest BCUT2D eigenvalue weighted by atomic mass is 9.95. The second-order valence-corrected chi connectivity index (χ2v) is 4.58. The first-order valence-electron chi connectivity index (χ1n) is 5.81. The molecule has 0 aromatic carbocycles. The molecule has 0 aliphatic carbocycles. The molecule has 1 aromatic heterocycles. The third-order valence-electron chi connectivity index (χ3n) is 3.05. The third-order valence-corrected chi connectivity index (χ3v) is 3.05. The molecule has 0 radical (unpaired) electrons. The third kappa shape index (κ3) is 2.57. The SMILES string of the molecule is CC(C)c1ccnc(C2CCCOC2)c1. The maximum Gasteiger partial charge on any atom is 0.0549 e. The summed E-state index contributed by atoms with van der Waals surface area (Å²) in [7, 11) is 0. The minimum atomic E-state index is 0.512. The molecule has 1 saturated heterocycles. The Hall–Kier alpha value is -0.890. The van der Waals surface area contributed by atoms with Gasteiger partial charge in [0.05, 0.1) is 6.61 Å². The van der Waals surface area contributed by atoms with Crippen LogP contribution in [0.3, 0.4) is 0 Å². The fourth-order valence-corrected chi connectivity index (χ4v) is 2.02. The predicted octanol–water partition coefficient (Wildman–Crippen LogP) is 3.10. The Bertz CT molecular complexity index is 316. The summed E-state index contributed by atoms with van der Waals surface area (Å²) < 4.78 is 5.50. The average molecular weight is 205 g/mol. The molecule has 0 saturated carbocycles. The number of rotatable bonds is 2. The van der Waals surface area contributed by atoms with Crippen molar-refractivity contribution in [3.63, 3.8) is 0 Å². The summed E-state index contributed by atoms with van der Waals surface area (Å²) in [5.41, 5.74) is 2.59. The van der Waals surface area contributed by atoms with Gasteiger partial charge >= 0.3 is 0 Å². The lowest BCUT2D eigenvalue weighted by molar-refractivity contribution is 0.0793. The highest BCUT2D eigenvalue weighted by Crippen LogP contribution is 2.25. The summed E-state index contributed by atoms with van der Waals surface area (Å²) in [6.07, 6.45) is 4.31. The highest BCUT2D eigenvalue weighted by Gasteiger charge is 2.17. The van der Waals surface area contributed by atoms with Crippen molar-refractivity contribution in [3.05, 3.63) is 29.6 Å². The quantitative estimate of drug-likeness (QED) is 0.740. The van der Waals surface area contributed by atoms with Gasteiger partial charge in [0.25, 0.3) is 0 Å². The van der Waals surface area contributed by atoms with E-state index in [9.17, 15) is 0 Å². The second-order valence-electron chi connectivity index (χ2n) is 4.58. The zero-order chi connectivity index (χ0) is 10.7. The molecule has 1 fully saturated rings. The molecule has 82 valence electrons. The number of pyridine rings is 1. The molecule has 1 unspecified atom stereocenters. The smallest absolute Gasteiger partial charge is 0.0549 e. The summed E-state index contributed by atoms with van der Waals surface area (Å²) in [4.78, 5) is 4.47. The Morgan fingerprint density at radius 2 is 2.33 bits per heavy atom. The van der Waals surface area contributed by atoms with Gasteiger partial charge in [-0.3, -0.25) is 4.98 Å². The van der Waals surface area contributed by atoms with Crippen molar-refractivity contribution in [2.75, 3.05) is 13.2 Å². The Kier molecular flexibility index (Phi) is 3.37. The summed E-state index contributed by atoms with van der Waals surface area (Å²) in [5.74, 6) is 1.09. The van der Waals surface area contributed by atoms with Crippen LogP contribution in [0.1, 0.15) is 49.8 Å². The molecule has 2 rings (SSSR count). The molecule has 0 bridgehead atoms. The molecule has 2 heteroatoms. The summed E-state index contributed by atoms with van der Waals surface area (Å²) in [6.45, 7) is 6.20. The van der Waals surface area contributed by atoms with Crippen LogP contribution in [-0.4, -0.2) is 18.2 Å². The van der Waals surface area contributed by atoms with Crippen LogP contribution < -0.4 is 0 Å². The van der Waals surface area contributed by atoms with Gasteiger partial charge in [-0.2, -0.15) is 0 Å². The minimum absolute atomic E-state index is 0.512. The van der Waals surface area contributed by atoms with Crippen LogP contribution in [0.4, 0.5) is 0 Å². The Morgan fingerprint density at radius 3 is 3.00 bits per heavy atom. The van der Waals surface area contributed by atoms with Gasteiger partial charge in [0, 0.05) is 24.4 Å². The first-order valence-corrected chi connectivity index (χ1v) is 5.81. The van der Waals surface area contributed by atoms with E-state index in [0.29, 0.717) is 11.8 Å². The van der Waals surface area contributed by atoms with Crippen molar-refractivity contribution in [1.82, 2.24) is 4.98 Å². The number of ether oxygens (including phenoxy) is 1. The predicted molar refractivity (Wildman–Crippen MR) is 61.1 cm³/mol. The van der Waals surface area contributed by atoms with Crippen LogP contribution in [0, 0.1) is 0 Å². The average Bonchev–Trinajstić information content (AvgIpc) is 2.30. The molecule has 0 spiro atoms. The summed E-state index contributed by atoms with van der Waals surface area (Å²) in [5, 5.41) is 0. The van der Waals surface area contributed by atoms with Gasteiger partial charge in [-0.05, 0) is 36.5 Å². The van der Waals surface area contributed by atoms with E-state index in [1.807, 2.05) is 6.20 Å². The van der Waals surface area contributed by atoms with Crippen molar-refractivity contribution in [1.29, 1.82) is 0 Å². The standard InChI is InChI=1S/C13H19NO/c1-10(2)11-5-6-14-13(8-11)12-4-3-7-15-9-12/h5-6,8,10,12H,3-4,7,9H2,1-2H3. The van der Waals surface area contributed by atoms with E-state index in [-0.39, 0.29) is 0 Å². The topological polar surface area (TPSA) is 22.1 Å². The van der Waals surface area contributed by atoms with E-state index >= 15 is 0 Å². The largest absolute Gasteiger partial charge is 0.381 e. The van der Waals surface area contributed by atoms with Gasteiger partial charge in [-0.15, -0.1) is 0 Å². The monoisotopic (exact) mass is 205 g/mol. The van der Waals surface area contributed by atoms with Crippen molar-refractivity contribution in [2.24, 2.45) is 0 Å². The number of hydrogen-bond acceptors (Lipinski definition) is 2. The van der Waals surface area contributed by atoms with E-state index in [4.69, 9.17) is 4.74 Å². The number of aromatic nitrogens is 1. The van der Waals surface area contributed by atoms with Crippen LogP contribution in [0.5, 0.6) is 0 Å². The van der Waals surface area contributed by atoms with Crippen LogP contribution in [0.15, 0.2) is 18.3 Å². The van der Waals surface area contributed by atoms with E-state index in [0.717, 1.165) is 19.6 Å². The lowest BCUT2D eigenvalue weighted by Crippen LogP contribution is -2.16. The maximum atomic E-state index is 5.50. The van der Waals surface area contributed by atoms with Gasteiger partial charge in [-0.1, -0.05) is 13.8 Å². The number of hydrogen-bond donors (Lipinski definition) is 0. The van der Waals surface area contributed by atoms with Crippen LogP contribution >= 0.6 is 0 Å². The highest BCUT2D eigenvalue weighted by atomic mass is 16.5. The molecule has 1 aliphatic heterocycles. The lowest BCUT2D eigenvalue weighted by Gasteiger charge is -2.22. The summed E-state index contributed by atoms with van der Waals surface area (Å²) in [6, 6.07) is 4.35. The molecule has 1 aromatic rings. The van der Waals surface area contributed by atoms with Gasteiger partial charge in [-0.25, -0.2) is 0 Å². The minimum Gasteiger partial charge on any atom is -0.381 e. The first kappa shape index (κ1) is 10.6. The molecule has 1 aliphatic rings. The van der Waals surface area contributed by atoms with Gasteiger partial charge in [0.2, 0.25) is 0 Å². The molecule has 0 amide bonds. The van der Waals surface area contributed by atoms with Crippen LogP contribution in [0.2, 0.25) is 0 Å². The van der Waals surface area contributed by atoms with Crippen LogP contribution in [0.25, 0.3) is 0 Å². The molecule has 2 nitrogen and oxygen atoms in total. The zero-order valence-corrected chi connectivity index (χ0v) is 9.57. The van der Waals surface area contributed by atoms with Crippen molar-refractivity contribution in [3.8, 4) is 0 Å². The van der Waals surface area contributed by atoms with E-state index in [1.165, 1.54) is 17.7 Å². The molecule has 1 atom stereocenters. The molecular formula is C13H19NO. The summed E-state index contributed by atoms with van der Waals surface area (Å²) >= 11 is 0. The molecule has 0 N–H and O–H groups in total. The van der Waals surface area contributed by atoms with Gasteiger partial charge < -0.3 is 4.74 Å². The molecular weight excluding hydrogens is 186 g/mol.